The summed E-state index contributed by atoms with van der Waals surface area (Å²) < 4.78 is 10.8. The maximum atomic E-state index is 11.8. The maximum Gasteiger partial charge on any atom is 0.310 e. The van der Waals surface area contributed by atoms with Crippen molar-refractivity contribution in [3.63, 3.8) is 0 Å². The van der Waals surface area contributed by atoms with Crippen molar-refractivity contribution in [2.75, 3.05) is 19.7 Å². The molecular weight excluding hydrogens is 282 g/mol. The van der Waals surface area contributed by atoms with Crippen LogP contribution in [0.1, 0.15) is 32.3 Å². The lowest BCUT2D eigenvalue weighted by molar-refractivity contribution is -0.144. The van der Waals surface area contributed by atoms with E-state index in [4.69, 9.17) is 9.47 Å². The van der Waals surface area contributed by atoms with E-state index in [9.17, 15) is 9.59 Å². The van der Waals surface area contributed by atoms with Gasteiger partial charge in [0.15, 0.2) is 0 Å². The molecule has 0 spiro atoms. The van der Waals surface area contributed by atoms with Gasteiger partial charge in [-0.05, 0) is 38.0 Å². The number of carbonyl (C=O) groups excluding carboxylic acids is 2. The first-order valence-electron chi connectivity index (χ1n) is 7.73. The molecule has 1 aliphatic heterocycles. The molecular formula is C17H23NO4. The SMILES string of the molecule is CC(C)Oc1cccc(CC(=O)OCCN2CCCC2=O)c1. The molecule has 0 unspecified atom stereocenters. The van der Waals surface area contributed by atoms with Crippen LogP contribution in [0.4, 0.5) is 0 Å². The van der Waals surface area contributed by atoms with Gasteiger partial charge in [-0.1, -0.05) is 12.1 Å². The van der Waals surface area contributed by atoms with Gasteiger partial charge < -0.3 is 14.4 Å². The largest absolute Gasteiger partial charge is 0.491 e. The van der Waals surface area contributed by atoms with Crippen molar-refractivity contribution in [3.05, 3.63) is 29.8 Å². The summed E-state index contributed by atoms with van der Waals surface area (Å²) in [4.78, 5) is 25.0. The number of amides is 1. The molecule has 0 aromatic heterocycles. The van der Waals surface area contributed by atoms with E-state index in [1.165, 1.54) is 0 Å². The third-order valence-corrected chi connectivity index (χ3v) is 3.41. The summed E-state index contributed by atoms with van der Waals surface area (Å²) >= 11 is 0. The zero-order valence-electron chi connectivity index (χ0n) is 13.2. The van der Waals surface area contributed by atoms with Gasteiger partial charge in [-0.2, -0.15) is 0 Å². The summed E-state index contributed by atoms with van der Waals surface area (Å²) in [5.74, 6) is 0.617. The van der Waals surface area contributed by atoms with Crippen molar-refractivity contribution in [1.82, 2.24) is 4.90 Å². The van der Waals surface area contributed by atoms with Crippen molar-refractivity contribution in [2.24, 2.45) is 0 Å². The summed E-state index contributed by atoms with van der Waals surface area (Å²) in [5, 5.41) is 0. The number of rotatable bonds is 7. The molecule has 22 heavy (non-hydrogen) atoms. The monoisotopic (exact) mass is 305 g/mol. The Morgan fingerprint density at radius 3 is 2.86 bits per heavy atom. The number of nitrogens with zero attached hydrogens (tertiary/aromatic N) is 1. The van der Waals surface area contributed by atoms with Gasteiger partial charge in [0.1, 0.15) is 12.4 Å². The van der Waals surface area contributed by atoms with Gasteiger partial charge in [-0.25, -0.2) is 0 Å². The Labute approximate surface area is 131 Å². The number of hydrogen-bond donors (Lipinski definition) is 0. The molecule has 0 N–H and O–H groups in total. The fourth-order valence-corrected chi connectivity index (χ4v) is 2.43. The van der Waals surface area contributed by atoms with Gasteiger partial charge in [0.2, 0.25) is 5.91 Å². The summed E-state index contributed by atoms with van der Waals surface area (Å²) in [7, 11) is 0. The van der Waals surface area contributed by atoms with Crippen LogP contribution in [0.5, 0.6) is 5.75 Å². The van der Waals surface area contributed by atoms with E-state index >= 15 is 0 Å². The van der Waals surface area contributed by atoms with Crippen molar-refractivity contribution in [1.29, 1.82) is 0 Å². The van der Waals surface area contributed by atoms with E-state index in [1.54, 1.807) is 4.90 Å². The van der Waals surface area contributed by atoms with Crippen LogP contribution in [-0.4, -0.2) is 42.6 Å². The Balaban J connectivity index is 1.75. The highest BCUT2D eigenvalue weighted by molar-refractivity contribution is 5.78. The molecule has 1 aliphatic rings. The van der Waals surface area contributed by atoms with Gasteiger partial charge in [-0.3, -0.25) is 9.59 Å². The van der Waals surface area contributed by atoms with Crippen LogP contribution in [0.2, 0.25) is 0 Å². The quantitative estimate of drug-likeness (QED) is 0.725. The van der Waals surface area contributed by atoms with Crippen LogP contribution in [0.15, 0.2) is 24.3 Å². The first kappa shape index (κ1) is 16.3. The van der Waals surface area contributed by atoms with Crippen LogP contribution < -0.4 is 4.74 Å². The van der Waals surface area contributed by atoms with E-state index in [2.05, 4.69) is 0 Å². The topological polar surface area (TPSA) is 55.8 Å². The first-order chi connectivity index (χ1) is 10.5. The second-order valence-corrected chi connectivity index (χ2v) is 5.70. The van der Waals surface area contributed by atoms with Gasteiger partial charge in [0, 0.05) is 13.0 Å². The van der Waals surface area contributed by atoms with Crippen LogP contribution >= 0.6 is 0 Å². The Morgan fingerprint density at radius 2 is 2.18 bits per heavy atom. The molecule has 1 saturated heterocycles. The van der Waals surface area contributed by atoms with Gasteiger partial charge >= 0.3 is 5.97 Å². The summed E-state index contributed by atoms with van der Waals surface area (Å²) in [6.45, 7) is 5.43. The van der Waals surface area contributed by atoms with Crippen molar-refractivity contribution in [3.8, 4) is 5.75 Å². The van der Waals surface area contributed by atoms with Gasteiger partial charge in [-0.15, -0.1) is 0 Å². The molecule has 5 nitrogen and oxygen atoms in total. The highest BCUT2D eigenvalue weighted by Crippen LogP contribution is 2.15. The van der Waals surface area contributed by atoms with Gasteiger partial charge in [0.25, 0.3) is 0 Å². The Bertz CT molecular complexity index is 527. The molecule has 120 valence electrons. The van der Waals surface area contributed by atoms with E-state index in [1.807, 2.05) is 38.1 Å². The molecule has 0 atom stereocenters. The second-order valence-electron chi connectivity index (χ2n) is 5.70. The standard InChI is InChI=1S/C17H23NO4/c1-13(2)22-15-6-3-5-14(11-15)12-17(20)21-10-9-18-8-4-7-16(18)19/h3,5-6,11,13H,4,7-10,12H2,1-2H3. The minimum atomic E-state index is -0.284. The van der Waals surface area contributed by atoms with Crippen LogP contribution in [-0.2, 0) is 20.7 Å². The van der Waals surface area contributed by atoms with Gasteiger partial charge in [0.05, 0.1) is 19.1 Å². The molecule has 0 saturated carbocycles. The third kappa shape index (κ3) is 5.06. The second kappa shape index (κ2) is 7.82. The first-order valence-corrected chi connectivity index (χ1v) is 7.73. The molecule has 0 radical (unpaired) electrons. The molecule has 1 heterocycles. The average molecular weight is 305 g/mol. The Morgan fingerprint density at radius 1 is 1.36 bits per heavy atom. The van der Waals surface area contributed by atoms with Crippen LogP contribution in [0.25, 0.3) is 0 Å². The maximum absolute atomic E-state index is 11.8. The number of ether oxygens (including phenoxy) is 2. The molecule has 1 aromatic rings. The van der Waals surface area contributed by atoms with E-state index < -0.39 is 0 Å². The minimum Gasteiger partial charge on any atom is -0.491 e. The highest BCUT2D eigenvalue weighted by Gasteiger charge is 2.19. The normalized spacial score (nSPS) is 14.5. The van der Waals surface area contributed by atoms with E-state index in [0.29, 0.717) is 13.0 Å². The fourth-order valence-electron chi connectivity index (χ4n) is 2.43. The number of likely N-dealkylation sites (tertiary alicyclic amines) is 1. The molecule has 1 fully saturated rings. The number of carbonyl (C=O) groups is 2. The summed E-state index contributed by atoms with van der Waals surface area (Å²) in [6.07, 6.45) is 1.81. The minimum absolute atomic E-state index is 0.0974. The van der Waals surface area contributed by atoms with Crippen LogP contribution in [0.3, 0.4) is 0 Å². The molecule has 2 rings (SSSR count). The van der Waals surface area contributed by atoms with Crippen LogP contribution in [0, 0.1) is 0 Å². The summed E-state index contributed by atoms with van der Waals surface area (Å²) in [6, 6.07) is 7.46. The summed E-state index contributed by atoms with van der Waals surface area (Å²) in [5.41, 5.74) is 0.861. The number of esters is 1. The zero-order chi connectivity index (χ0) is 15.9. The van der Waals surface area contributed by atoms with E-state index in [0.717, 1.165) is 24.3 Å². The predicted molar refractivity (Wildman–Crippen MR) is 82.7 cm³/mol. The lowest BCUT2D eigenvalue weighted by Crippen LogP contribution is -2.29. The lowest BCUT2D eigenvalue weighted by Gasteiger charge is -2.15. The number of benzene rings is 1. The fraction of sp³-hybridized carbons (Fsp3) is 0.529. The van der Waals surface area contributed by atoms with Crippen molar-refractivity contribution < 1.29 is 19.1 Å². The lowest BCUT2D eigenvalue weighted by atomic mass is 10.1. The smallest absolute Gasteiger partial charge is 0.310 e. The Hall–Kier alpha value is -2.04. The average Bonchev–Trinajstić information content (AvgIpc) is 2.84. The predicted octanol–water partition coefficient (Wildman–Crippen LogP) is 2.18. The van der Waals surface area contributed by atoms with Crippen molar-refractivity contribution in [2.45, 2.75) is 39.2 Å². The molecule has 0 bridgehead atoms. The van der Waals surface area contributed by atoms with E-state index in [-0.39, 0.29) is 31.0 Å². The molecule has 0 aliphatic carbocycles. The Kier molecular flexibility index (Phi) is 5.81. The molecule has 1 aromatic carbocycles. The molecule has 5 heteroatoms. The third-order valence-electron chi connectivity index (χ3n) is 3.41. The molecule has 1 amide bonds. The highest BCUT2D eigenvalue weighted by atomic mass is 16.5. The zero-order valence-corrected chi connectivity index (χ0v) is 13.2. The van der Waals surface area contributed by atoms with Crippen molar-refractivity contribution >= 4 is 11.9 Å². The number of hydrogen-bond acceptors (Lipinski definition) is 4.